The Bertz CT molecular complexity index is 607. The molecule has 2 aromatic rings. The molecule has 1 aromatic heterocycles. The second kappa shape index (κ2) is 5.16. The van der Waals surface area contributed by atoms with Gasteiger partial charge in [-0.2, -0.15) is 0 Å². The van der Waals surface area contributed by atoms with Crippen LogP contribution in [0.2, 0.25) is 0 Å². The van der Waals surface area contributed by atoms with Crippen LogP contribution >= 0.6 is 0 Å². The van der Waals surface area contributed by atoms with Gasteiger partial charge in [-0.1, -0.05) is 11.8 Å². The van der Waals surface area contributed by atoms with Gasteiger partial charge in [0.15, 0.2) is 0 Å². The van der Waals surface area contributed by atoms with Gasteiger partial charge in [-0.15, -0.1) is 0 Å². The second-order valence-corrected chi connectivity index (χ2v) is 4.73. The summed E-state index contributed by atoms with van der Waals surface area (Å²) in [5, 5.41) is 0. The van der Waals surface area contributed by atoms with Gasteiger partial charge in [0, 0.05) is 23.9 Å². The summed E-state index contributed by atoms with van der Waals surface area (Å²) in [5.74, 6) is 8.53. The zero-order valence-corrected chi connectivity index (χ0v) is 10.8. The topological polar surface area (TPSA) is 22.1 Å². The highest BCUT2D eigenvalue weighted by atomic mass is 16.5. The number of aromatic nitrogens is 1. The molecule has 3 rings (SSSR count). The number of rotatable bonds is 2. The summed E-state index contributed by atoms with van der Waals surface area (Å²) in [6.45, 7) is 0. The minimum absolute atomic E-state index is 0.490. The maximum atomic E-state index is 5.13. The van der Waals surface area contributed by atoms with Crippen molar-refractivity contribution in [3.05, 3.63) is 59.9 Å². The lowest BCUT2D eigenvalue weighted by molar-refractivity contribution is 0.415. The Morgan fingerprint density at radius 3 is 2.53 bits per heavy atom. The highest BCUT2D eigenvalue weighted by Gasteiger charge is 2.36. The van der Waals surface area contributed by atoms with E-state index in [1.807, 2.05) is 36.7 Å². The predicted octanol–water partition coefficient (Wildman–Crippen LogP) is 3.25. The number of pyridine rings is 1. The van der Waals surface area contributed by atoms with Crippen molar-refractivity contribution in [1.29, 1.82) is 0 Å². The van der Waals surface area contributed by atoms with E-state index in [2.05, 4.69) is 29.0 Å². The number of hydrogen-bond acceptors (Lipinski definition) is 2. The van der Waals surface area contributed by atoms with Crippen LogP contribution in [0.1, 0.15) is 23.5 Å². The third kappa shape index (κ3) is 2.77. The fraction of sp³-hybridized carbons (Fsp3) is 0.235. The molecule has 1 fully saturated rings. The monoisotopic (exact) mass is 249 g/mol. The molecule has 1 aliphatic carbocycles. The molecule has 1 aromatic carbocycles. The molecule has 19 heavy (non-hydrogen) atoms. The molecule has 0 N–H and O–H groups in total. The van der Waals surface area contributed by atoms with Crippen molar-refractivity contribution in [2.45, 2.75) is 12.3 Å². The van der Waals surface area contributed by atoms with Crippen molar-refractivity contribution in [2.24, 2.45) is 5.92 Å². The highest BCUT2D eigenvalue weighted by Crippen LogP contribution is 2.46. The number of benzene rings is 1. The van der Waals surface area contributed by atoms with E-state index in [4.69, 9.17) is 4.74 Å². The van der Waals surface area contributed by atoms with E-state index < -0.39 is 0 Å². The fourth-order valence-electron chi connectivity index (χ4n) is 2.18. The van der Waals surface area contributed by atoms with Gasteiger partial charge in [0.25, 0.3) is 0 Å². The molecular weight excluding hydrogens is 234 g/mol. The molecule has 2 heteroatoms. The van der Waals surface area contributed by atoms with Gasteiger partial charge in [0.2, 0.25) is 0 Å². The first-order chi connectivity index (χ1) is 9.36. The minimum Gasteiger partial charge on any atom is -0.497 e. The zero-order chi connectivity index (χ0) is 13.1. The summed E-state index contributed by atoms with van der Waals surface area (Å²) < 4.78 is 5.13. The molecule has 0 bridgehead atoms. The van der Waals surface area contributed by atoms with Crippen LogP contribution in [0.5, 0.6) is 5.75 Å². The molecule has 0 saturated heterocycles. The predicted molar refractivity (Wildman–Crippen MR) is 75.0 cm³/mol. The van der Waals surface area contributed by atoms with Crippen LogP contribution in [0.15, 0.2) is 48.8 Å². The van der Waals surface area contributed by atoms with Crippen molar-refractivity contribution in [3.8, 4) is 17.6 Å². The van der Waals surface area contributed by atoms with Crippen LogP contribution in [-0.4, -0.2) is 12.1 Å². The van der Waals surface area contributed by atoms with E-state index in [1.54, 1.807) is 7.11 Å². The van der Waals surface area contributed by atoms with Crippen LogP contribution in [0, 0.1) is 17.8 Å². The van der Waals surface area contributed by atoms with Gasteiger partial charge < -0.3 is 4.74 Å². The molecule has 0 aliphatic heterocycles. The molecule has 0 spiro atoms. The maximum Gasteiger partial charge on any atom is 0.118 e. The molecule has 1 aliphatic rings. The van der Waals surface area contributed by atoms with Crippen molar-refractivity contribution in [2.75, 3.05) is 7.11 Å². The van der Waals surface area contributed by atoms with Crippen LogP contribution in [-0.2, 0) is 0 Å². The number of hydrogen-bond donors (Lipinski definition) is 0. The first-order valence-electron chi connectivity index (χ1n) is 6.42. The van der Waals surface area contributed by atoms with E-state index in [0.717, 1.165) is 17.7 Å². The van der Waals surface area contributed by atoms with E-state index in [1.165, 1.54) is 5.56 Å². The second-order valence-electron chi connectivity index (χ2n) is 4.73. The minimum atomic E-state index is 0.490. The summed E-state index contributed by atoms with van der Waals surface area (Å²) in [4.78, 5) is 4.04. The standard InChI is InChI=1S/C17H15NO/c1-19-16-6-3-13(4-7-16)2-5-15-12-17(15)14-8-10-18-11-9-14/h3-4,6-11,15,17H,12H2,1H3/t15-,17+/m0/s1. The van der Waals surface area contributed by atoms with Gasteiger partial charge in [0.1, 0.15) is 5.75 Å². The number of methoxy groups -OCH3 is 1. The SMILES string of the molecule is COc1ccc(C#C[C@H]2C[C@@H]2c2ccncc2)cc1. The smallest absolute Gasteiger partial charge is 0.118 e. The molecule has 0 unspecified atom stereocenters. The third-order valence-electron chi connectivity index (χ3n) is 3.42. The molecule has 2 atom stereocenters. The van der Waals surface area contributed by atoms with Gasteiger partial charge in [-0.25, -0.2) is 0 Å². The Hall–Kier alpha value is -2.27. The summed E-state index contributed by atoms with van der Waals surface area (Å²) >= 11 is 0. The van der Waals surface area contributed by atoms with Gasteiger partial charge in [-0.3, -0.25) is 4.98 Å². The normalized spacial score (nSPS) is 20.3. The summed E-state index contributed by atoms with van der Waals surface area (Å²) in [5.41, 5.74) is 2.39. The Morgan fingerprint density at radius 2 is 1.84 bits per heavy atom. The molecular formula is C17H15NO. The Morgan fingerprint density at radius 1 is 1.11 bits per heavy atom. The molecule has 2 nitrogen and oxygen atoms in total. The Labute approximate surface area is 113 Å². The van der Waals surface area contributed by atoms with Crippen molar-refractivity contribution in [1.82, 2.24) is 4.98 Å². The molecule has 94 valence electrons. The lowest BCUT2D eigenvalue weighted by Gasteiger charge is -1.97. The quantitative estimate of drug-likeness (QED) is 0.762. The first-order valence-corrected chi connectivity index (χ1v) is 6.42. The lowest BCUT2D eigenvalue weighted by atomic mass is 10.1. The summed E-state index contributed by atoms with van der Waals surface area (Å²) in [6.07, 6.45) is 4.86. The molecule has 0 radical (unpaired) electrons. The number of ether oxygens (including phenoxy) is 1. The molecule has 1 heterocycles. The van der Waals surface area contributed by atoms with Gasteiger partial charge in [0.05, 0.1) is 7.11 Å². The zero-order valence-electron chi connectivity index (χ0n) is 10.8. The lowest BCUT2D eigenvalue weighted by Crippen LogP contribution is -1.83. The third-order valence-corrected chi connectivity index (χ3v) is 3.42. The molecule has 1 saturated carbocycles. The highest BCUT2D eigenvalue weighted by molar-refractivity contribution is 5.40. The van der Waals surface area contributed by atoms with E-state index in [0.29, 0.717) is 11.8 Å². The first kappa shape index (κ1) is 11.8. The van der Waals surface area contributed by atoms with Crippen molar-refractivity contribution >= 4 is 0 Å². The average molecular weight is 249 g/mol. The summed E-state index contributed by atoms with van der Waals surface area (Å²) in [7, 11) is 1.67. The Balaban J connectivity index is 1.66. The maximum absolute atomic E-state index is 5.13. The van der Waals surface area contributed by atoms with E-state index in [-0.39, 0.29) is 0 Å². The van der Waals surface area contributed by atoms with Crippen LogP contribution in [0.25, 0.3) is 0 Å². The summed E-state index contributed by atoms with van der Waals surface area (Å²) in [6, 6.07) is 12.0. The average Bonchev–Trinajstić information content (AvgIpc) is 3.26. The Kier molecular flexibility index (Phi) is 3.20. The van der Waals surface area contributed by atoms with Crippen molar-refractivity contribution < 1.29 is 4.74 Å². The van der Waals surface area contributed by atoms with E-state index in [9.17, 15) is 0 Å². The van der Waals surface area contributed by atoms with Crippen LogP contribution in [0.4, 0.5) is 0 Å². The van der Waals surface area contributed by atoms with Crippen LogP contribution < -0.4 is 4.74 Å². The van der Waals surface area contributed by atoms with E-state index >= 15 is 0 Å². The largest absolute Gasteiger partial charge is 0.497 e. The van der Waals surface area contributed by atoms with Gasteiger partial charge >= 0.3 is 0 Å². The van der Waals surface area contributed by atoms with Crippen molar-refractivity contribution in [3.63, 3.8) is 0 Å². The van der Waals surface area contributed by atoms with Gasteiger partial charge in [-0.05, 0) is 54.3 Å². The molecule has 0 amide bonds. The van der Waals surface area contributed by atoms with Crippen LogP contribution in [0.3, 0.4) is 0 Å². The number of nitrogens with zero attached hydrogens (tertiary/aromatic N) is 1. The fourth-order valence-corrected chi connectivity index (χ4v) is 2.18.